The first kappa shape index (κ1) is 28.7. The largest absolute Gasteiger partial charge is 0.462 e. The number of carbonyl (C=O) groups excluding carboxylic acids is 5. The van der Waals surface area contributed by atoms with Gasteiger partial charge in [0, 0.05) is 41.5 Å². The van der Waals surface area contributed by atoms with E-state index >= 15 is 0 Å². The Bertz CT molecular complexity index is 957. The zero-order valence-corrected chi connectivity index (χ0v) is 20.9. The van der Waals surface area contributed by atoms with Gasteiger partial charge < -0.3 is 33.2 Å². The van der Waals surface area contributed by atoms with E-state index in [2.05, 4.69) is 0 Å². The van der Waals surface area contributed by atoms with E-state index in [0.29, 0.717) is 0 Å². The van der Waals surface area contributed by atoms with Gasteiger partial charge in [-0.1, -0.05) is 18.2 Å². The molecule has 1 aromatic carbocycles. The molecule has 198 valence electrons. The first-order chi connectivity index (χ1) is 16.8. The summed E-state index contributed by atoms with van der Waals surface area (Å²) in [6, 6.07) is 7.98. The molecular weight excluding hydrogens is 480 g/mol. The molecule has 0 spiro atoms. The van der Waals surface area contributed by atoms with Crippen LogP contribution in [0.15, 0.2) is 30.3 Å². The number of benzene rings is 1. The van der Waals surface area contributed by atoms with Crippen molar-refractivity contribution >= 4 is 29.8 Å². The van der Waals surface area contributed by atoms with Crippen LogP contribution in [0.3, 0.4) is 0 Å². The number of ether oxygens (including phenoxy) is 7. The van der Waals surface area contributed by atoms with E-state index in [9.17, 15) is 24.0 Å². The Morgan fingerprint density at radius 3 is 2.03 bits per heavy atom. The molecule has 1 saturated heterocycles. The molecular formula is C24H30O12. The molecule has 1 aliphatic heterocycles. The van der Waals surface area contributed by atoms with E-state index in [1.54, 1.807) is 18.2 Å². The highest BCUT2D eigenvalue weighted by Gasteiger charge is 2.55. The van der Waals surface area contributed by atoms with Crippen LogP contribution in [0.1, 0.15) is 51.9 Å². The lowest BCUT2D eigenvalue weighted by molar-refractivity contribution is -0.266. The molecule has 0 N–H and O–H groups in total. The molecule has 0 aromatic heterocycles. The van der Waals surface area contributed by atoms with Gasteiger partial charge in [-0.15, -0.1) is 0 Å². The summed E-state index contributed by atoms with van der Waals surface area (Å²) in [6.45, 7) is 6.97. The molecule has 1 aliphatic rings. The van der Waals surface area contributed by atoms with Crippen LogP contribution in [0.4, 0.5) is 0 Å². The lowest BCUT2D eigenvalue weighted by Crippen LogP contribution is -2.49. The molecule has 0 radical (unpaired) electrons. The van der Waals surface area contributed by atoms with Crippen LogP contribution in [0.2, 0.25) is 0 Å². The second-order valence-electron chi connectivity index (χ2n) is 8.34. The number of hydrogen-bond acceptors (Lipinski definition) is 12. The van der Waals surface area contributed by atoms with Crippen LogP contribution in [-0.4, -0.2) is 72.9 Å². The minimum Gasteiger partial charge on any atom is -0.462 e. The van der Waals surface area contributed by atoms with Crippen LogP contribution < -0.4 is 0 Å². The Kier molecular flexibility index (Phi) is 9.93. The van der Waals surface area contributed by atoms with Gasteiger partial charge in [-0.2, -0.15) is 0 Å². The smallest absolute Gasteiger partial charge is 0.338 e. The van der Waals surface area contributed by atoms with Crippen LogP contribution in [-0.2, 0) is 52.3 Å². The Morgan fingerprint density at radius 1 is 0.861 bits per heavy atom. The van der Waals surface area contributed by atoms with Gasteiger partial charge >= 0.3 is 29.8 Å². The van der Waals surface area contributed by atoms with Gasteiger partial charge in [0.05, 0.1) is 5.56 Å². The molecule has 0 bridgehead atoms. The Morgan fingerprint density at radius 2 is 1.50 bits per heavy atom. The minimum absolute atomic E-state index is 0.189. The zero-order chi connectivity index (χ0) is 27.0. The predicted octanol–water partition coefficient (Wildman–Crippen LogP) is 1.68. The summed E-state index contributed by atoms with van der Waals surface area (Å²) >= 11 is 0. The van der Waals surface area contributed by atoms with Crippen molar-refractivity contribution in [2.45, 2.75) is 78.0 Å². The van der Waals surface area contributed by atoms with E-state index < -0.39 is 72.9 Å². The Balaban J connectivity index is 2.49. The normalized spacial score (nSPS) is 22.2. The average molecular weight is 510 g/mol. The maximum atomic E-state index is 13.0. The van der Waals surface area contributed by atoms with Gasteiger partial charge in [0.2, 0.25) is 12.1 Å². The molecule has 0 aliphatic carbocycles. The van der Waals surface area contributed by atoms with Crippen molar-refractivity contribution in [2.75, 3.05) is 6.61 Å². The molecule has 1 fully saturated rings. The summed E-state index contributed by atoms with van der Waals surface area (Å²) in [6.07, 6.45) is -6.74. The quantitative estimate of drug-likeness (QED) is 0.256. The van der Waals surface area contributed by atoms with Crippen molar-refractivity contribution in [3.63, 3.8) is 0 Å². The van der Waals surface area contributed by atoms with E-state index in [1.165, 1.54) is 32.9 Å². The van der Waals surface area contributed by atoms with Gasteiger partial charge in [-0.05, 0) is 12.1 Å². The molecule has 0 unspecified atom stereocenters. The molecule has 1 heterocycles. The molecule has 0 amide bonds. The summed E-state index contributed by atoms with van der Waals surface area (Å²) in [4.78, 5) is 59.6. The third-order valence-electron chi connectivity index (χ3n) is 4.69. The van der Waals surface area contributed by atoms with E-state index in [1.807, 2.05) is 0 Å². The van der Waals surface area contributed by atoms with Crippen molar-refractivity contribution < 1.29 is 57.1 Å². The second kappa shape index (κ2) is 12.5. The average Bonchev–Trinajstić information content (AvgIpc) is 3.05. The monoisotopic (exact) mass is 510 g/mol. The zero-order valence-electron chi connectivity index (χ0n) is 20.9. The van der Waals surface area contributed by atoms with E-state index in [4.69, 9.17) is 33.2 Å². The van der Waals surface area contributed by atoms with Crippen molar-refractivity contribution in [3.05, 3.63) is 35.9 Å². The maximum absolute atomic E-state index is 13.0. The topological polar surface area (TPSA) is 150 Å². The summed E-state index contributed by atoms with van der Waals surface area (Å²) in [7, 11) is 0. The number of rotatable bonds is 10. The highest BCUT2D eigenvalue weighted by Crippen LogP contribution is 2.34. The lowest BCUT2D eigenvalue weighted by atomic mass is 10.0. The van der Waals surface area contributed by atoms with Crippen molar-refractivity contribution in [2.24, 2.45) is 0 Å². The molecule has 0 saturated carbocycles. The van der Waals surface area contributed by atoms with Crippen LogP contribution in [0.5, 0.6) is 0 Å². The summed E-state index contributed by atoms with van der Waals surface area (Å²) in [5.41, 5.74) is 0.189. The molecule has 2 rings (SSSR count). The first-order valence-electron chi connectivity index (χ1n) is 11.1. The van der Waals surface area contributed by atoms with Crippen molar-refractivity contribution in [3.8, 4) is 0 Å². The SMILES string of the molecule is CC(=O)OC[C@@H](OC(C)=O)[C@H]1O[C@@H](OC(C)=O)[C@@H](OC(C)(C)OC(C)=O)[C@H]1OC(=O)c1ccccc1. The summed E-state index contributed by atoms with van der Waals surface area (Å²) in [5, 5.41) is 0. The predicted molar refractivity (Wildman–Crippen MR) is 119 cm³/mol. The van der Waals surface area contributed by atoms with Crippen LogP contribution in [0.25, 0.3) is 0 Å². The minimum atomic E-state index is -1.57. The Labute approximate surface area is 208 Å². The van der Waals surface area contributed by atoms with Gasteiger partial charge in [0.25, 0.3) is 0 Å². The molecule has 1 aromatic rings. The fraction of sp³-hybridized carbons (Fsp3) is 0.542. The molecule has 12 heteroatoms. The molecule has 12 nitrogen and oxygen atoms in total. The molecule has 5 atom stereocenters. The number of hydrogen-bond donors (Lipinski definition) is 0. The first-order valence-corrected chi connectivity index (χ1v) is 11.1. The highest BCUT2D eigenvalue weighted by atomic mass is 16.8. The number of carbonyl (C=O) groups is 5. The lowest BCUT2D eigenvalue weighted by Gasteiger charge is -2.33. The number of esters is 5. The van der Waals surface area contributed by atoms with Gasteiger partial charge in [-0.25, -0.2) is 4.79 Å². The fourth-order valence-electron chi connectivity index (χ4n) is 3.54. The van der Waals surface area contributed by atoms with Crippen molar-refractivity contribution in [1.29, 1.82) is 0 Å². The summed E-state index contributed by atoms with van der Waals surface area (Å²) in [5.74, 6) is -5.18. The van der Waals surface area contributed by atoms with Gasteiger partial charge in [-0.3, -0.25) is 19.2 Å². The van der Waals surface area contributed by atoms with Crippen LogP contribution in [0, 0.1) is 0 Å². The van der Waals surface area contributed by atoms with Gasteiger partial charge in [0.1, 0.15) is 12.7 Å². The molecule has 36 heavy (non-hydrogen) atoms. The third-order valence-corrected chi connectivity index (χ3v) is 4.69. The standard InChI is InChI=1S/C24H30O12/c1-13(25)30-12-18(31-14(2)26)19-20(33-22(29)17-10-8-7-9-11-17)21(23(34-19)32-15(3)27)36-24(5,6)35-16(4)28/h7-11,18-21,23H,12H2,1-6H3/t18-,19-,20+,21+,23-/m1/s1. The van der Waals surface area contributed by atoms with Crippen LogP contribution >= 0.6 is 0 Å². The third kappa shape index (κ3) is 8.61. The highest BCUT2D eigenvalue weighted by molar-refractivity contribution is 5.89. The van der Waals surface area contributed by atoms with E-state index in [-0.39, 0.29) is 5.56 Å². The fourth-order valence-corrected chi connectivity index (χ4v) is 3.54. The van der Waals surface area contributed by atoms with Gasteiger partial charge in [0.15, 0.2) is 18.3 Å². The van der Waals surface area contributed by atoms with Crippen molar-refractivity contribution in [1.82, 2.24) is 0 Å². The maximum Gasteiger partial charge on any atom is 0.338 e. The summed E-state index contributed by atoms with van der Waals surface area (Å²) < 4.78 is 38.1. The second-order valence-corrected chi connectivity index (χ2v) is 8.34. The Hall–Kier alpha value is -3.51. The van der Waals surface area contributed by atoms with E-state index in [0.717, 1.165) is 20.8 Å².